The van der Waals surface area contributed by atoms with Gasteiger partial charge in [0.1, 0.15) is 5.60 Å². The average molecular weight is 669 g/mol. The first kappa shape index (κ1) is 38.0. The van der Waals surface area contributed by atoms with Gasteiger partial charge in [-0.1, -0.05) is 24.3 Å². The molecule has 2 aromatic carbocycles. The molecule has 0 spiro atoms. The highest BCUT2D eigenvalue weighted by molar-refractivity contribution is 5.85. The maximum absolute atomic E-state index is 12.7. The van der Waals surface area contributed by atoms with E-state index in [1.165, 1.54) is 24.3 Å². The van der Waals surface area contributed by atoms with E-state index in [1.807, 2.05) is 13.8 Å². The molecule has 248 valence electrons. The van der Waals surface area contributed by atoms with Crippen molar-refractivity contribution in [2.24, 2.45) is 5.73 Å². The molecule has 0 saturated heterocycles. The SMILES string of the molecule is Cc1cnc(-c2ccc(C(F)(F)F)cc2)cc1CN.Cc1cnc(-c2ccc(C(F)(F)F)cc2)cc1CNC(=O)OC(C)(C)C.Cl. The summed E-state index contributed by atoms with van der Waals surface area (Å²) in [5, 5.41) is 2.67. The molecule has 2 aromatic heterocycles. The summed E-state index contributed by atoms with van der Waals surface area (Å²) in [5.74, 6) is 0. The number of carbonyl (C=O) groups is 1. The summed E-state index contributed by atoms with van der Waals surface area (Å²) >= 11 is 0. The van der Waals surface area contributed by atoms with Gasteiger partial charge in [0.05, 0.1) is 22.5 Å². The van der Waals surface area contributed by atoms with E-state index in [2.05, 4.69) is 15.3 Å². The number of ether oxygens (including phenoxy) is 1. The minimum atomic E-state index is -4.37. The summed E-state index contributed by atoms with van der Waals surface area (Å²) in [6.45, 7) is 9.66. The lowest BCUT2D eigenvalue weighted by atomic mass is 10.0. The monoisotopic (exact) mass is 668 g/mol. The number of alkyl carbamates (subject to hydrolysis) is 1. The van der Waals surface area contributed by atoms with Crippen LogP contribution in [0.15, 0.2) is 73.1 Å². The zero-order valence-electron chi connectivity index (χ0n) is 25.8. The highest BCUT2D eigenvalue weighted by atomic mass is 35.5. The van der Waals surface area contributed by atoms with E-state index in [0.29, 0.717) is 29.1 Å². The zero-order valence-corrected chi connectivity index (χ0v) is 26.6. The van der Waals surface area contributed by atoms with Crippen molar-refractivity contribution in [1.29, 1.82) is 0 Å². The standard InChI is InChI=1S/C19H21F3N2O2.C14H13F3N2.ClH/c1-12-10-23-16(13-5-7-15(8-6-13)19(20,21)22)9-14(12)11-24-17(25)26-18(2,3)4;1-9-8-19-13(6-11(9)7-18)10-2-4-12(5-3-10)14(15,16)17;/h5-10H,11H2,1-4H3,(H,24,25);2-6,8H,7,18H2,1H3;1H. The van der Waals surface area contributed by atoms with Gasteiger partial charge in [-0.3, -0.25) is 9.97 Å². The number of aromatic nitrogens is 2. The predicted molar refractivity (Wildman–Crippen MR) is 167 cm³/mol. The van der Waals surface area contributed by atoms with Gasteiger partial charge in [0.2, 0.25) is 0 Å². The Labute approximate surface area is 269 Å². The van der Waals surface area contributed by atoms with Gasteiger partial charge in [-0.15, -0.1) is 12.4 Å². The van der Waals surface area contributed by atoms with Gasteiger partial charge in [0, 0.05) is 36.6 Å². The summed E-state index contributed by atoms with van der Waals surface area (Å²) in [7, 11) is 0. The molecule has 0 aliphatic carbocycles. The number of nitrogens with two attached hydrogens (primary N) is 1. The van der Waals surface area contributed by atoms with Gasteiger partial charge in [-0.05, 0) is 93.3 Å². The number of nitrogens with one attached hydrogen (secondary N) is 1. The molecular weight excluding hydrogens is 634 g/mol. The van der Waals surface area contributed by atoms with Crippen LogP contribution in [0.4, 0.5) is 31.1 Å². The first-order valence-electron chi connectivity index (χ1n) is 13.8. The number of hydrogen-bond donors (Lipinski definition) is 2. The fraction of sp³-hybridized carbons (Fsp3) is 0.303. The van der Waals surface area contributed by atoms with E-state index in [-0.39, 0.29) is 19.0 Å². The smallest absolute Gasteiger partial charge is 0.416 e. The lowest BCUT2D eigenvalue weighted by Crippen LogP contribution is -2.32. The first-order chi connectivity index (χ1) is 20.9. The van der Waals surface area contributed by atoms with Gasteiger partial charge in [-0.25, -0.2) is 4.79 Å². The number of amides is 1. The number of rotatable bonds is 5. The Morgan fingerprint density at radius 3 is 1.50 bits per heavy atom. The Hall–Kier alpha value is -4.16. The van der Waals surface area contributed by atoms with Gasteiger partial charge < -0.3 is 15.8 Å². The van der Waals surface area contributed by atoms with Crippen molar-refractivity contribution in [2.75, 3.05) is 0 Å². The molecule has 0 atom stereocenters. The molecule has 0 fully saturated rings. The Morgan fingerprint density at radius 2 is 1.13 bits per heavy atom. The second-order valence-corrected chi connectivity index (χ2v) is 11.2. The number of halogens is 7. The molecule has 0 aliphatic heterocycles. The van der Waals surface area contributed by atoms with Crippen LogP contribution in [0.25, 0.3) is 22.5 Å². The highest BCUT2D eigenvalue weighted by Crippen LogP contribution is 2.32. The van der Waals surface area contributed by atoms with Crippen molar-refractivity contribution in [1.82, 2.24) is 15.3 Å². The van der Waals surface area contributed by atoms with Crippen LogP contribution in [0.1, 0.15) is 54.2 Å². The minimum Gasteiger partial charge on any atom is -0.444 e. The largest absolute Gasteiger partial charge is 0.444 e. The third-order valence-corrected chi connectivity index (χ3v) is 6.49. The second-order valence-electron chi connectivity index (χ2n) is 11.2. The molecule has 46 heavy (non-hydrogen) atoms. The lowest BCUT2D eigenvalue weighted by molar-refractivity contribution is -0.138. The fourth-order valence-corrected chi connectivity index (χ4v) is 4.00. The molecule has 0 bridgehead atoms. The van der Waals surface area contributed by atoms with E-state index in [4.69, 9.17) is 10.5 Å². The number of hydrogen-bond acceptors (Lipinski definition) is 5. The third-order valence-electron chi connectivity index (χ3n) is 6.49. The van der Waals surface area contributed by atoms with Crippen LogP contribution in [0.5, 0.6) is 0 Å². The highest BCUT2D eigenvalue weighted by Gasteiger charge is 2.30. The Bertz CT molecular complexity index is 1600. The summed E-state index contributed by atoms with van der Waals surface area (Å²) < 4.78 is 80.6. The first-order valence-corrected chi connectivity index (χ1v) is 13.8. The zero-order chi connectivity index (χ0) is 33.6. The van der Waals surface area contributed by atoms with E-state index in [1.54, 1.807) is 45.3 Å². The molecular formula is C33H35ClF6N4O2. The summed E-state index contributed by atoms with van der Waals surface area (Å²) in [4.78, 5) is 20.2. The van der Waals surface area contributed by atoms with Gasteiger partial charge in [0.25, 0.3) is 0 Å². The van der Waals surface area contributed by atoms with E-state index in [0.717, 1.165) is 46.5 Å². The fourth-order valence-electron chi connectivity index (χ4n) is 4.00. The molecule has 13 heteroatoms. The molecule has 4 aromatic rings. The number of benzene rings is 2. The Kier molecular flexibility index (Phi) is 12.7. The maximum atomic E-state index is 12.7. The molecule has 0 unspecified atom stereocenters. The van der Waals surface area contributed by atoms with Crippen molar-refractivity contribution in [3.8, 4) is 22.5 Å². The van der Waals surface area contributed by atoms with Crippen LogP contribution >= 0.6 is 12.4 Å². The summed E-state index contributed by atoms with van der Waals surface area (Å²) in [5.41, 5.74) is 9.57. The van der Waals surface area contributed by atoms with Gasteiger partial charge in [0.15, 0.2) is 0 Å². The van der Waals surface area contributed by atoms with E-state index >= 15 is 0 Å². The predicted octanol–water partition coefficient (Wildman–Crippen LogP) is 9.06. The molecule has 4 rings (SSSR count). The Morgan fingerprint density at radius 1 is 0.739 bits per heavy atom. The number of carbonyl (C=O) groups excluding carboxylic acids is 1. The van der Waals surface area contributed by atoms with E-state index in [9.17, 15) is 31.1 Å². The average Bonchev–Trinajstić information content (AvgIpc) is 2.96. The second kappa shape index (κ2) is 15.4. The van der Waals surface area contributed by atoms with Crippen LogP contribution < -0.4 is 11.1 Å². The van der Waals surface area contributed by atoms with Crippen LogP contribution in [0, 0.1) is 13.8 Å². The van der Waals surface area contributed by atoms with Crippen LogP contribution in [-0.2, 0) is 30.2 Å². The van der Waals surface area contributed by atoms with Gasteiger partial charge in [-0.2, -0.15) is 26.3 Å². The van der Waals surface area contributed by atoms with E-state index < -0.39 is 35.2 Å². The number of nitrogens with zero attached hydrogens (tertiary/aromatic N) is 2. The third kappa shape index (κ3) is 11.0. The molecule has 3 N–H and O–H groups in total. The van der Waals surface area contributed by atoms with Crippen molar-refractivity contribution >= 4 is 18.5 Å². The van der Waals surface area contributed by atoms with Crippen molar-refractivity contribution < 1.29 is 35.9 Å². The molecule has 0 aliphatic rings. The molecule has 2 heterocycles. The van der Waals surface area contributed by atoms with Crippen LogP contribution in [0.2, 0.25) is 0 Å². The number of aryl methyl sites for hydroxylation is 2. The molecule has 0 radical (unpaired) electrons. The molecule has 1 amide bonds. The number of alkyl halides is 6. The van der Waals surface area contributed by atoms with Crippen molar-refractivity contribution in [2.45, 2.75) is 65.7 Å². The maximum Gasteiger partial charge on any atom is 0.416 e. The topological polar surface area (TPSA) is 90.1 Å². The van der Waals surface area contributed by atoms with Crippen molar-refractivity contribution in [3.05, 3.63) is 106 Å². The quantitative estimate of drug-likeness (QED) is 0.207. The van der Waals surface area contributed by atoms with Crippen LogP contribution in [0.3, 0.4) is 0 Å². The summed E-state index contributed by atoms with van der Waals surface area (Å²) in [6.07, 6.45) is -5.93. The minimum absolute atomic E-state index is 0. The molecule has 6 nitrogen and oxygen atoms in total. The molecule has 0 saturated carbocycles. The summed E-state index contributed by atoms with van der Waals surface area (Å²) in [6, 6.07) is 13.3. The van der Waals surface area contributed by atoms with Crippen LogP contribution in [-0.4, -0.2) is 21.7 Å². The lowest BCUT2D eigenvalue weighted by Gasteiger charge is -2.20. The van der Waals surface area contributed by atoms with Gasteiger partial charge >= 0.3 is 18.4 Å². The normalized spacial score (nSPS) is 11.6. The number of pyridine rings is 2. The van der Waals surface area contributed by atoms with Crippen molar-refractivity contribution in [3.63, 3.8) is 0 Å². The Balaban J connectivity index is 0.000000328.